The molecule has 0 bridgehead atoms. The number of piperidine rings is 1. The number of likely N-dealkylation sites (tertiary alicyclic amines) is 1. The molecule has 3 rings (SSSR count). The molecule has 22 heavy (non-hydrogen) atoms. The molecular formula is C15H19N5O2. The van der Waals surface area contributed by atoms with Crippen LogP contribution in [0.5, 0.6) is 0 Å². The number of anilines is 1. The molecule has 3 heterocycles. The van der Waals surface area contributed by atoms with Gasteiger partial charge >= 0.3 is 0 Å². The summed E-state index contributed by atoms with van der Waals surface area (Å²) in [5.41, 5.74) is 6.63. The SMILES string of the molecule is Cc1ccc(C2(O)CCN(C(=O)c3cc(N)n[nH]3)CC2)nc1. The van der Waals surface area contributed by atoms with Crippen molar-refractivity contribution in [2.75, 3.05) is 18.8 Å². The topological polar surface area (TPSA) is 108 Å². The number of carbonyl (C=O) groups excluding carboxylic acids is 1. The first-order valence-electron chi connectivity index (χ1n) is 7.24. The van der Waals surface area contributed by atoms with Crippen LogP contribution in [-0.4, -0.2) is 44.2 Å². The summed E-state index contributed by atoms with van der Waals surface area (Å²) in [7, 11) is 0. The Hall–Kier alpha value is -2.41. The monoisotopic (exact) mass is 301 g/mol. The Labute approximate surface area is 128 Å². The Morgan fingerprint density at radius 1 is 1.41 bits per heavy atom. The van der Waals surface area contributed by atoms with Crippen LogP contribution in [0.1, 0.15) is 34.6 Å². The Bertz CT molecular complexity index is 671. The van der Waals surface area contributed by atoms with E-state index < -0.39 is 5.60 Å². The first kappa shape index (κ1) is 14.5. The van der Waals surface area contributed by atoms with Gasteiger partial charge in [-0.1, -0.05) is 6.07 Å². The summed E-state index contributed by atoms with van der Waals surface area (Å²) < 4.78 is 0. The predicted molar refractivity (Wildman–Crippen MR) is 81.0 cm³/mol. The molecule has 2 aromatic heterocycles. The van der Waals surface area contributed by atoms with E-state index in [2.05, 4.69) is 15.2 Å². The van der Waals surface area contributed by atoms with Gasteiger partial charge in [0, 0.05) is 25.4 Å². The number of aromatic nitrogens is 3. The smallest absolute Gasteiger partial charge is 0.271 e. The number of aromatic amines is 1. The van der Waals surface area contributed by atoms with E-state index in [9.17, 15) is 9.90 Å². The van der Waals surface area contributed by atoms with Crippen molar-refractivity contribution in [3.8, 4) is 0 Å². The van der Waals surface area contributed by atoms with Gasteiger partial charge in [0.25, 0.3) is 5.91 Å². The number of amides is 1. The van der Waals surface area contributed by atoms with E-state index in [1.807, 2.05) is 19.1 Å². The second kappa shape index (κ2) is 5.42. The van der Waals surface area contributed by atoms with Gasteiger partial charge in [-0.05, 0) is 31.4 Å². The predicted octanol–water partition coefficient (Wildman–Crippen LogP) is 0.819. The number of hydrogen-bond acceptors (Lipinski definition) is 5. The Kier molecular flexibility index (Phi) is 3.58. The van der Waals surface area contributed by atoms with Gasteiger partial charge < -0.3 is 15.7 Å². The maximum absolute atomic E-state index is 12.3. The molecular weight excluding hydrogens is 282 g/mol. The van der Waals surface area contributed by atoms with Crippen LogP contribution in [0, 0.1) is 6.92 Å². The van der Waals surface area contributed by atoms with E-state index in [1.54, 1.807) is 11.1 Å². The van der Waals surface area contributed by atoms with Crippen LogP contribution in [0.25, 0.3) is 0 Å². The Morgan fingerprint density at radius 2 is 2.14 bits per heavy atom. The van der Waals surface area contributed by atoms with Gasteiger partial charge in [0.15, 0.2) is 0 Å². The molecule has 1 aliphatic rings. The lowest BCUT2D eigenvalue weighted by atomic mass is 9.87. The van der Waals surface area contributed by atoms with Crippen molar-refractivity contribution in [2.45, 2.75) is 25.4 Å². The number of nitrogens with two attached hydrogens (primary N) is 1. The van der Waals surface area contributed by atoms with E-state index in [0.29, 0.717) is 43.1 Å². The van der Waals surface area contributed by atoms with Crippen molar-refractivity contribution < 1.29 is 9.90 Å². The van der Waals surface area contributed by atoms with Crippen LogP contribution in [0.4, 0.5) is 5.82 Å². The molecule has 0 saturated carbocycles. The fraction of sp³-hybridized carbons (Fsp3) is 0.400. The molecule has 0 spiro atoms. The zero-order valence-electron chi connectivity index (χ0n) is 12.4. The number of pyridine rings is 1. The minimum absolute atomic E-state index is 0.150. The average Bonchev–Trinajstić information content (AvgIpc) is 2.94. The number of H-pyrrole nitrogens is 1. The molecule has 0 aliphatic carbocycles. The van der Waals surface area contributed by atoms with Crippen molar-refractivity contribution >= 4 is 11.7 Å². The highest BCUT2D eigenvalue weighted by atomic mass is 16.3. The molecule has 1 amide bonds. The summed E-state index contributed by atoms with van der Waals surface area (Å²) in [6.45, 7) is 2.88. The zero-order chi connectivity index (χ0) is 15.7. The van der Waals surface area contributed by atoms with E-state index in [1.165, 1.54) is 6.07 Å². The van der Waals surface area contributed by atoms with Gasteiger partial charge in [0.1, 0.15) is 17.1 Å². The van der Waals surface area contributed by atoms with E-state index in [0.717, 1.165) is 5.56 Å². The van der Waals surface area contributed by atoms with E-state index in [4.69, 9.17) is 5.73 Å². The summed E-state index contributed by atoms with van der Waals surface area (Å²) in [4.78, 5) is 18.3. The number of rotatable bonds is 2. The highest BCUT2D eigenvalue weighted by Crippen LogP contribution is 2.32. The van der Waals surface area contributed by atoms with Gasteiger partial charge in [-0.15, -0.1) is 0 Å². The van der Waals surface area contributed by atoms with Crippen LogP contribution in [0.15, 0.2) is 24.4 Å². The molecule has 7 nitrogen and oxygen atoms in total. The number of nitrogens with zero attached hydrogens (tertiary/aromatic N) is 3. The summed E-state index contributed by atoms with van der Waals surface area (Å²) in [5.74, 6) is 0.142. The molecule has 0 radical (unpaired) electrons. The van der Waals surface area contributed by atoms with Crippen molar-refractivity contribution in [3.05, 3.63) is 41.3 Å². The molecule has 7 heteroatoms. The molecule has 1 saturated heterocycles. The third-order valence-corrected chi connectivity index (χ3v) is 4.09. The van der Waals surface area contributed by atoms with E-state index in [-0.39, 0.29) is 5.91 Å². The Balaban J connectivity index is 1.69. The van der Waals surface area contributed by atoms with Crippen LogP contribution in [-0.2, 0) is 5.60 Å². The fourth-order valence-electron chi connectivity index (χ4n) is 2.70. The van der Waals surface area contributed by atoms with Gasteiger partial charge in [-0.2, -0.15) is 5.10 Å². The summed E-state index contributed by atoms with van der Waals surface area (Å²) in [6.07, 6.45) is 2.66. The highest BCUT2D eigenvalue weighted by Gasteiger charge is 2.36. The lowest BCUT2D eigenvalue weighted by Crippen LogP contribution is -2.45. The van der Waals surface area contributed by atoms with Crippen molar-refractivity contribution in [3.63, 3.8) is 0 Å². The lowest BCUT2D eigenvalue weighted by Gasteiger charge is -2.37. The molecule has 116 valence electrons. The number of nitrogens with one attached hydrogen (secondary N) is 1. The Morgan fingerprint density at radius 3 is 2.68 bits per heavy atom. The average molecular weight is 301 g/mol. The highest BCUT2D eigenvalue weighted by molar-refractivity contribution is 5.93. The number of aryl methyl sites for hydroxylation is 1. The normalized spacial score (nSPS) is 17.5. The second-order valence-electron chi connectivity index (χ2n) is 5.75. The van der Waals surface area contributed by atoms with Crippen LogP contribution in [0.3, 0.4) is 0 Å². The second-order valence-corrected chi connectivity index (χ2v) is 5.75. The largest absolute Gasteiger partial charge is 0.383 e. The fourth-order valence-corrected chi connectivity index (χ4v) is 2.70. The first-order valence-corrected chi connectivity index (χ1v) is 7.24. The van der Waals surface area contributed by atoms with Gasteiger partial charge in [-0.25, -0.2) is 0 Å². The maximum atomic E-state index is 12.3. The third kappa shape index (κ3) is 2.67. The maximum Gasteiger partial charge on any atom is 0.271 e. The molecule has 1 fully saturated rings. The standard InChI is InChI=1S/C15H19N5O2/c1-10-2-3-12(17-9-10)15(22)4-6-20(7-5-15)14(21)11-8-13(16)19-18-11/h2-3,8-9,22H,4-7H2,1H3,(H3,16,18,19). The minimum Gasteiger partial charge on any atom is -0.383 e. The van der Waals surface area contributed by atoms with Gasteiger partial charge in [0.2, 0.25) is 0 Å². The van der Waals surface area contributed by atoms with Crippen molar-refractivity contribution in [1.29, 1.82) is 0 Å². The molecule has 1 aliphatic heterocycles. The van der Waals surface area contributed by atoms with Crippen LogP contribution in [0.2, 0.25) is 0 Å². The number of carbonyl (C=O) groups is 1. The van der Waals surface area contributed by atoms with Gasteiger partial charge in [0.05, 0.1) is 5.69 Å². The summed E-state index contributed by atoms with van der Waals surface area (Å²) in [6, 6.07) is 5.30. The van der Waals surface area contributed by atoms with Crippen molar-refractivity contribution in [2.24, 2.45) is 0 Å². The lowest BCUT2D eigenvalue weighted by molar-refractivity contribution is -0.0245. The van der Waals surface area contributed by atoms with Crippen LogP contribution >= 0.6 is 0 Å². The number of hydrogen-bond donors (Lipinski definition) is 3. The first-order chi connectivity index (χ1) is 10.5. The molecule has 0 unspecified atom stereocenters. The quantitative estimate of drug-likeness (QED) is 0.761. The molecule has 2 aromatic rings. The summed E-state index contributed by atoms with van der Waals surface area (Å²) >= 11 is 0. The van der Waals surface area contributed by atoms with E-state index >= 15 is 0 Å². The zero-order valence-corrected chi connectivity index (χ0v) is 12.4. The number of aliphatic hydroxyl groups is 1. The van der Waals surface area contributed by atoms with Crippen LogP contribution < -0.4 is 5.73 Å². The molecule has 0 atom stereocenters. The number of nitrogen functional groups attached to an aromatic ring is 1. The van der Waals surface area contributed by atoms with Crippen molar-refractivity contribution in [1.82, 2.24) is 20.1 Å². The molecule has 0 aromatic carbocycles. The molecule has 4 N–H and O–H groups in total. The van der Waals surface area contributed by atoms with Gasteiger partial charge in [-0.3, -0.25) is 14.9 Å². The third-order valence-electron chi connectivity index (χ3n) is 4.09. The summed E-state index contributed by atoms with van der Waals surface area (Å²) in [5, 5.41) is 17.2. The minimum atomic E-state index is -0.975.